The van der Waals surface area contributed by atoms with Crippen molar-refractivity contribution in [1.82, 2.24) is 0 Å². The van der Waals surface area contributed by atoms with Crippen LogP contribution in [0.4, 0.5) is 17.1 Å². The largest absolute Gasteiger partial charge is 0.378 e. The third-order valence-corrected chi connectivity index (χ3v) is 6.51. The molecule has 0 aliphatic carbocycles. The van der Waals surface area contributed by atoms with E-state index in [-0.39, 0.29) is 10.8 Å². The van der Waals surface area contributed by atoms with Gasteiger partial charge in [-0.15, -0.1) is 0 Å². The number of halogens is 1. The summed E-state index contributed by atoms with van der Waals surface area (Å²) in [5, 5.41) is 3.24. The van der Waals surface area contributed by atoms with Gasteiger partial charge in [-0.1, -0.05) is 17.7 Å². The van der Waals surface area contributed by atoms with Gasteiger partial charge >= 0.3 is 0 Å². The standard InChI is InChI=1S/C19H20ClN3O4S/c20-15-2-1-3-17(19(15)23-8-10-27-11-9-23)22-28(25,26)14-5-6-16-13(12-14)4-7-18(24)21-16/h1-3,5-6,12,22H,4,7-11H2,(H,21,24). The number of carbonyl (C=O) groups excluding carboxylic acids is 1. The molecule has 1 amide bonds. The summed E-state index contributed by atoms with van der Waals surface area (Å²) in [6, 6.07) is 9.88. The number of rotatable bonds is 4. The molecule has 2 aliphatic heterocycles. The normalized spacial score (nSPS) is 17.0. The molecule has 0 unspecified atom stereocenters. The van der Waals surface area contributed by atoms with Crippen LogP contribution in [0.25, 0.3) is 0 Å². The highest BCUT2D eigenvalue weighted by molar-refractivity contribution is 7.92. The van der Waals surface area contributed by atoms with E-state index in [1.54, 1.807) is 30.3 Å². The molecule has 0 aromatic heterocycles. The van der Waals surface area contributed by atoms with E-state index in [0.717, 1.165) is 5.56 Å². The minimum absolute atomic E-state index is 0.0599. The first-order chi connectivity index (χ1) is 13.4. The molecule has 0 spiro atoms. The monoisotopic (exact) mass is 421 g/mol. The molecule has 2 N–H and O–H groups in total. The molecule has 28 heavy (non-hydrogen) atoms. The molecule has 2 aromatic rings. The van der Waals surface area contributed by atoms with Gasteiger partial charge in [0, 0.05) is 25.2 Å². The van der Waals surface area contributed by atoms with Crippen LogP contribution in [-0.4, -0.2) is 40.6 Å². The zero-order valence-corrected chi connectivity index (χ0v) is 16.6. The van der Waals surface area contributed by atoms with Crippen molar-refractivity contribution in [3.05, 3.63) is 47.0 Å². The second-order valence-corrected chi connectivity index (χ2v) is 8.80. The summed E-state index contributed by atoms with van der Waals surface area (Å²) in [4.78, 5) is 13.7. The van der Waals surface area contributed by atoms with Crippen LogP contribution in [0.15, 0.2) is 41.3 Å². The van der Waals surface area contributed by atoms with Gasteiger partial charge in [0.25, 0.3) is 10.0 Å². The van der Waals surface area contributed by atoms with Crippen LogP contribution >= 0.6 is 11.6 Å². The maximum absolute atomic E-state index is 13.0. The van der Waals surface area contributed by atoms with Gasteiger partial charge < -0.3 is 15.0 Å². The molecule has 2 heterocycles. The smallest absolute Gasteiger partial charge is 0.261 e. The third-order valence-electron chi connectivity index (χ3n) is 4.84. The van der Waals surface area contributed by atoms with Crippen LogP contribution in [0.3, 0.4) is 0 Å². The molecular weight excluding hydrogens is 402 g/mol. The molecule has 0 saturated carbocycles. The molecule has 0 radical (unpaired) electrons. The van der Waals surface area contributed by atoms with Crippen molar-refractivity contribution in [2.45, 2.75) is 17.7 Å². The zero-order chi connectivity index (χ0) is 19.7. The second-order valence-electron chi connectivity index (χ2n) is 6.71. The van der Waals surface area contributed by atoms with Crippen molar-refractivity contribution in [2.24, 2.45) is 0 Å². The summed E-state index contributed by atoms with van der Waals surface area (Å²) < 4.78 is 34.1. The molecular formula is C19H20ClN3O4S. The second kappa shape index (κ2) is 7.62. The Morgan fingerprint density at radius 1 is 1.11 bits per heavy atom. The summed E-state index contributed by atoms with van der Waals surface area (Å²) >= 11 is 6.39. The predicted molar refractivity (Wildman–Crippen MR) is 109 cm³/mol. The molecule has 2 aliphatic rings. The maximum Gasteiger partial charge on any atom is 0.261 e. The van der Waals surface area contributed by atoms with Gasteiger partial charge in [-0.25, -0.2) is 8.42 Å². The molecule has 7 nitrogen and oxygen atoms in total. The lowest BCUT2D eigenvalue weighted by molar-refractivity contribution is -0.116. The number of carbonyl (C=O) groups is 1. The number of amides is 1. The fourth-order valence-electron chi connectivity index (χ4n) is 3.44. The van der Waals surface area contributed by atoms with Crippen molar-refractivity contribution in [3.8, 4) is 0 Å². The van der Waals surface area contributed by atoms with E-state index in [9.17, 15) is 13.2 Å². The fraction of sp³-hybridized carbons (Fsp3) is 0.316. The highest BCUT2D eigenvalue weighted by Gasteiger charge is 2.23. The molecule has 0 atom stereocenters. The molecule has 1 fully saturated rings. The van der Waals surface area contributed by atoms with Crippen LogP contribution in [0.2, 0.25) is 5.02 Å². The van der Waals surface area contributed by atoms with Gasteiger partial charge in [-0.3, -0.25) is 9.52 Å². The quantitative estimate of drug-likeness (QED) is 0.792. The zero-order valence-electron chi connectivity index (χ0n) is 15.1. The Labute approximate surface area is 168 Å². The number of hydrogen-bond donors (Lipinski definition) is 2. The Morgan fingerprint density at radius 2 is 1.89 bits per heavy atom. The summed E-state index contributed by atoms with van der Waals surface area (Å²) in [5.74, 6) is -0.0599. The Hall–Kier alpha value is -2.29. The van der Waals surface area contributed by atoms with Crippen molar-refractivity contribution in [1.29, 1.82) is 0 Å². The molecule has 9 heteroatoms. The number of ether oxygens (including phenoxy) is 1. The summed E-state index contributed by atoms with van der Waals surface area (Å²) in [6.45, 7) is 2.40. The summed E-state index contributed by atoms with van der Waals surface area (Å²) in [7, 11) is -3.82. The lowest BCUT2D eigenvalue weighted by Gasteiger charge is -2.31. The number of hydrogen-bond acceptors (Lipinski definition) is 5. The lowest BCUT2D eigenvalue weighted by Crippen LogP contribution is -2.37. The highest BCUT2D eigenvalue weighted by atomic mass is 35.5. The first kappa shape index (κ1) is 19.0. The van der Waals surface area contributed by atoms with Crippen LogP contribution in [0.1, 0.15) is 12.0 Å². The van der Waals surface area contributed by atoms with Crippen molar-refractivity contribution in [3.63, 3.8) is 0 Å². The molecule has 1 saturated heterocycles. The number of aryl methyl sites for hydroxylation is 1. The maximum atomic E-state index is 13.0. The number of nitrogens with zero attached hydrogens (tertiary/aromatic N) is 1. The van der Waals surface area contributed by atoms with Gasteiger partial charge in [0.1, 0.15) is 0 Å². The minimum Gasteiger partial charge on any atom is -0.378 e. The van der Waals surface area contributed by atoms with Crippen LogP contribution in [0.5, 0.6) is 0 Å². The van der Waals surface area contributed by atoms with Gasteiger partial charge in [0.2, 0.25) is 5.91 Å². The number of fused-ring (bicyclic) bond motifs is 1. The van der Waals surface area contributed by atoms with E-state index in [2.05, 4.69) is 10.0 Å². The van der Waals surface area contributed by atoms with E-state index in [0.29, 0.717) is 61.2 Å². The van der Waals surface area contributed by atoms with Crippen LogP contribution in [-0.2, 0) is 26.0 Å². The first-order valence-corrected chi connectivity index (χ1v) is 10.9. The van der Waals surface area contributed by atoms with E-state index in [1.165, 1.54) is 6.07 Å². The van der Waals surface area contributed by atoms with E-state index < -0.39 is 10.0 Å². The van der Waals surface area contributed by atoms with Crippen molar-refractivity contribution in [2.75, 3.05) is 41.2 Å². The number of nitrogens with one attached hydrogen (secondary N) is 2. The number of sulfonamides is 1. The van der Waals surface area contributed by atoms with E-state index >= 15 is 0 Å². The molecule has 4 rings (SSSR count). The Bertz CT molecular complexity index is 1020. The number of para-hydroxylation sites is 1. The SMILES string of the molecule is O=C1CCc2cc(S(=O)(=O)Nc3cccc(Cl)c3N3CCOCC3)ccc2N1. The average Bonchev–Trinajstić information content (AvgIpc) is 2.68. The van der Waals surface area contributed by atoms with Crippen LogP contribution in [0, 0.1) is 0 Å². The summed E-state index contributed by atoms with van der Waals surface area (Å²) in [6.07, 6.45) is 0.861. The number of morpholine rings is 1. The average molecular weight is 422 g/mol. The van der Waals surface area contributed by atoms with Gasteiger partial charge in [-0.05, 0) is 42.3 Å². The highest BCUT2D eigenvalue weighted by Crippen LogP contribution is 2.36. The molecule has 2 aromatic carbocycles. The lowest BCUT2D eigenvalue weighted by atomic mass is 10.0. The Kier molecular flexibility index (Phi) is 5.18. The van der Waals surface area contributed by atoms with Crippen molar-refractivity contribution < 1.29 is 17.9 Å². The third kappa shape index (κ3) is 3.80. The molecule has 148 valence electrons. The predicted octanol–water partition coefficient (Wildman–Crippen LogP) is 2.86. The van der Waals surface area contributed by atoms with Gasteiger partial charge in [-0.2, -0.15) is 0 Å². The number of benzene rings is 2. The Morgan fingerprint density at radius 3 is 2.68 bits per heavy atom. The minimum atomic E-state index is -3.82. The fourth-order valence-corrected chi connectivity index (χ4v) is 4.85. The van der Waals surface area contributed by atoms with Crippen LogP contribution < -0.4 is 14.9 Å². The van der Waals surface area contributed by atoms with Gasteiger partial charge in [0.15, 0.2) is 0 Å². The first-order valence-electron chi connectivity index (χ1n) is 9.01. The van der Waals surface area contributed by atoms with E-state index in [4.69, 9.17) is 16.3 Å². The number of anilines is 3. The van der Waals surface area contributed by atoms with Crippen molar-refractivity contribution >= 4 is 44.6 Å². The molecule has 0 bridgehead atoms. The van der Waals surface area contributed by atoms with E-state index in [1.807, 2.05) is 4.90 Å². The van der Waals surface area contributed by atoms with Gasteiger partial charge in [0.05, 0.1) is 34.5 Å². The topological polar surface area (TPSA) is 87.7 Å². The summed E-state index contributed by atoms with van der Waals surface area (Å²) in [5.41, 5.74) is 2.55. The Balaban J connectivity index is 1.65.